The number of nitrogens with zero attached hydrogens (tertiary/aromatic N) is 3. The third-order valence-electron chi connectivity index (χ3n) is 8.17. The summed E-state index contributed by atoms with van der Waals surface area (Å²) in [6, 6.07) is 1.34. The van der Waals surface area contributed by atoms with Crippen molar-refractivity contribution in [3.63, 3.8) is 0 Å². The molecular weight excluding hydrogens is 322 g/mol. The number of anilines is 1. The molecule has 0 aromatic carbocycles. The van der Waals surface area contributed by atoms with E-state index in [0.29, 0.717) is 12.1 Å². The molecule has 26 heavy (non-hydrogen) atoms. The van der Waals surface area contributed by atoms with Crippen molar-refractivity contribution in [2.45, 2.75) is 76.8 Å². The fourth-order valence-electron chi connectivity index (χ4n) is 7.18. The van der Waals surface area contributed by atoms with Crippen molar-refractivity contribution >= 4 is 5.95 Å². The fraction of sp³-hybridized carbons (Fsp3) is 0.773. The predicted molar refractivity (Wildman–Crippen MR) is 102 cm³/mol. The Morgan fingerprint density at radius 1 is 1.00 bits per heavy atom. The second-order valence-electron chi connectivity index (χ2n) is 9.24. The van der Waals surface area contributed by atoms with E-state index < -0.39 is 0 Å². The molecule has 1 aromatic rings. The Kier molecular flexibility index (Phi) is 3.54. The van der Waals surface area contributed by atoms with Gasteiger partial charge in [-0.2, -0.15) is 0 Å². The van der Waals surface area contributed by atoms with E-state index in [2.05, 4.69) is 22.6 Å². The normalized spacial score (nSPS) is 38.8. The van der Waals surface area contributed by atoms with Gasteiger partial charge in [-0.15, -0.1) is 0 Å². The highest BCUT2D eigenvalue weighted by molar-refractivity contribution is 5.54. The van der Waals surface area contributed by atoms with Crippen LogP contribution in [0.5, 0.6) is 0 Å². The summed E-state index contributed by atoms with van der Waals surface area (Å²) in [5, 5.41) is 0. The number of allylic oxidation sites excluding steroid dienone is 1. The quantitative estimate of drug-likeness (QED) is 0.689. The second kappa shape index (κ2) is 5.85. The lowest BCUT2D eigenvalue weighted by Crippen LogP contribution is -2.52. The molecule has 5 atom stereocenters. The van der Waals surface area contributed by atoms with E-state index >= 15 is 0 Å². The average molecular weight is 354 g/mol. The van der Waals surface area contributed by atoms with Gasteiger partial charge in [-0.1, -0.05) is 12.8 Å². The average Bonchev–Trinajstić information content (AvgIpc) is 3.23. The van der Waals surface area contributed by atoms with Crippen LogP contribution in [0.15, 0.2) is 17.5 Å². The molecule has 2 aliphatic carbocycles. The lowest BCUT2D eigenvalue weighted by molar-refractivity contribution is 0.0728. The summed E-state index contributed by atoms with van der Waals surface area (Å²) in [7, 11) is 0. The highest BCUT2D eigenvalue weighted by Crippen LogP contribution is 2.57. The standard InChI is InChI=1S/C22H31N3O/c1-14-17-6-2-3-7-18(17)21-19-8-4-5-15-9-11-26-12-10-16-13-23-22(24(14)21)25(16)20(15)19/h13,15,18-21H,2-12H2,1H3. The number of imidazole rings is 1. The molecule has 0 saturated heterocycles. The smallest absolute Gasteiger partial charge is 0.210 e. The topological polar surface area (TPSA) is 30.3 Å². The number of ether oxygens (including phenoxy) is 1. The first-order valence-corrected chi connectivity index (χ1v) is 11.0. The van der Waals surface area contributed by atoms with E-state index in [4.69, 9.17) is 9.72 Å². The van der Waals surface area contributed by atoms with Gasteiger partial charge in [-0.3, -0.25) is 0 Å². The van der Waals surface area contributed by atoms with Crippen LogP contribution in [0.4, 0.5) is 5.95 Å². The Hall–Kier alpha value is -1.29. The zero-order valence-corrected chi connectivity index (χ0v) is 16.0. The molecule has 5 unspecified atom stereocenters. The van der Waals surface area contributed by atoms with Crippen LogP contribution < -0.4 is 4.90 Å². The van der Waals surface area contributed by atoms with E-state index in [0.717, 1.165) is 37.4 Å². The molecule has 4 heterocycles. The van der Waals surface area contributed by atoms with Crippen molar-refractivity contribution in [3.05, 3.63) is 23.2 Å². The van der Waals surface area contributed by atoms with Crippen LogP contribution in [0.3, 0.4) is 0 Å². The summed E-state index contributed by atoms with van der Waals surface area (Å²) >= 11 is 0. The maximum atomic E-state index is 5.96. The molecule has 0 radical (unpaired) electrons. The third-order valence-corrected chi connectivity index (χ3v) is 8.17. The minimum absolute atomic E-state index is 0.660. The van der Waals surface area contributed by atoms with Gasteiger partial charge >= 0.3 is 0 Å². The van der Waals surface area contributed by atoms with Crippen LogP contribution in [0.25, 0.3) is 0 Å². The first kappa shape index (κ1) is 15.7. The Bertz CT molecular complexity index is 751. The maximum Gasteiger partial charge on any atom is 0.210 e. The van der Waals surface area contributed by atoms with Gasteiger partial charge in [0, 0.05) is 48.3 Å². The predicted octanol–water partition coefficient (Wildman–Crippen LogP) is 4.47. The lowest BCUT2D eigenvalue weighted by atomic mass is 9.66. The van der Waals surface area contributed by atoms with Gasteiger partial charge in [0.05, 0.1) is 12.8 Å². The van der Waals surface area contributed by atoms with Crippen molar-refractivity contribution in [3.8, 4) is 0 Å². The van der Waals surface area contributed by atoms with Gasteiger partial charge in [-0.05, 0) is 56.9 Å². The summed E-state index contributed by atoms with van der Waals surface area (Å²) in [6.45, 7) is 4.18. The first-order valence-electron chi connectivity index (χ1n) is 11.0. The van der Waals surface area contributed by atoms with Crippen molar-refractivity contribution < 1.29 is 4.74 Å². The molecule has 140 valence electrons. The zero-order valence-electron chi connectivity index (χ0n) is 16.0. The van der Waals surface area contributed by atoms with Crippen LogP contribution in [-0.2, 0) is 11.2 Å². The molecule has 5 aliphatic rings. The zero-order chi connectivity index (χ0) is 17.3. The number of hydrogen-bond acceptors (Lipinski definition) is 3. The molecule has 0 bridgehead atoms. The minimum atomic E-state index is 0.660. The van der Waals surface area contributed by atoms with E-state index in [1.54, 1.807) is 11.3 Å². The number of aromatic nitrogens is 2. The second-order valence-corrected chi connectivity index (χ2v) is 9.24. The fourth-order valence-corrected chi connectivity index (χ4v) is 7.18. The maximum absolute atomic E-state index is 5.96. The van der Waals surface area contributed by atoms with Crippen LogP contribution in [0, 0.1) is 17.8 Å². The largest absolute Gasteiger partial charge is 0.381 e. The summed E-state index contributed by atoms with van der Waals surface area (Å²) in [5.74, 6) is 3.63. The van der Waals surface area contributed by atoms with Crippen LogP contribution in [0.1, 0.15) is 70.0 Å². The van der Waals surface area contributed by atoms with Gasteiger partial charge in [0.1, 0.15) is 0 Å². The molecule has 2 fully saturated rings. The minimum Gasteiger partial charge on any atom is -0.381 e. The van der Waals surface area contributed by atoms with Gasteiger partial charge in [0.2, 0.25) is 5.95 Å². The van der Waals surface area contributed by atoms with E-state index in [-0.39, 0.29) is 0 Å². The lowest BCUT2D eigenvalue weighted by Gasteiger charge is -2.51. The molecular formula is C22H31N3O. The molecule has 3 aliphatic heterocycles. The Morgan fingerprint density at radius 3 is 2.92 bits per heavy atom. The van der Waals surface area contributed by atoms with E-state index in [9.17, 15) is 0 Å². The first-order chi connectivity index (χ1) is 12.8. The van der Waals surface area contributed by atoms with Crippen LogP contribution >= 0.6 is 0 Å². The summed E-state index contributed by atoms with van der Waals surface area (Å²) < 4.78 is 8.64. The highest BCUT2D eigenvalue weighted by atomic mass is 16.5. The monoisotopic (exact) mass is 353 g/mol. The molecule has 2 saturated carbocycles. The number of fused-ring (bicyclic) bond motifs is 5. The van der Waals surface area contributed by atoms with Crippen molar-refractivity contribution in [2.75, 3.05) is 18.1 Å². The van der Waals surface area contributed by atoms with E-state index in [1.807, 2.05) is 0 Å². The Labute approximate surface area is 156 Å². The summed E-state index contributed by atoms with van der Waals surface area (Å²) in [4.78, 5) is 7.70. The molecule has 4 nitrogen and oxygen atoms in total. The van der Waals surface area contributed by atoms with Crippen LogP contribution in [-0.4, -0.2) is 28.8 Å². The van der Waals surface area contributed by atoms with Gasteiger partial charge in [-0.25, -0.2) is 4.98 Å². The molecule has 0 N–H and O–H groups in total. The Morgan fingerprint density at radius 2 is 1.96 bits per heavy atom. The van der Waals surface area contributed by atoms with Crippen molar-refractivity contribution in [1.29, 1.82) is 0 Å². The SMILES string of the molecule is CC1=C2CCCCC2C2C3CCCC4CCOCCc5cnc(n5C43)N12. The van der Waals surface area contributed by atoms with Crippen molar-refractivity contribution in [2.24, 2.45) is 17.8 Å². The third kappa shape index (κ3) is 2.02. The van der Waals surface area contributed by atoms with Gasteiger partial charge in [0.15, 0.2) is 0 Å². The van der Waals surface area contributed by atoms with E-state index in [1.165, 1.54) is 63.0 Å². The number of hydrogen-bond donors (Lipinski definition) is 0. The Balaban J connectivity index is 1.54. The molecule has 6 rings (SSSR count). The molecule has 4 heteroatoms. The molecule has 1 aromatic heterocycles. The van der Waals surface area contributed by atoms with Gasteiger partial charge < -0.3 is 14.2 Å². The van der Waals surface area contributed by atoms with Crippen LogP contribution in [0.2, 0.25) is 0 Å². The summed E-state index contributed by atoms with van der Waals surface area (Å²) in [6.07, 6.45) is 14.1. The van der Waals surface area contributed by atoms with Gasteiger partial charge in [0.25, 0.3) is 0 Å². The highest BCUT2D eigenvalue weighted by Gasteiger charge is 2.54. The molecule has 0 amide bonds. The molecule has 0 spiro atoms. The van der Waals surface area contributed by atoms with Crippen molar-refractivity contribution in [1.82, 2.24) is 9.55 Å². The summed E-state index contributed by atoms with van der Waals surface area (Å²) in [5.41, 5.74) is 4.73. The number of rotatable bonds is 0.